The number of nitrogens with one attached hydrogen (secondary N) is 1. The van der Waals surface area contributed by atoms with Crippen LogP contribution < -0.4 is 5.32 Å². The van der Waals surface area contributed by atoms with Gasteiger partial charge in [0.25, 0.3) is 0 Å². The first-order valence-electron chi connectivity index (χ1n) is 6.84. The monoisotopic (exact) mass is 271 g/mol. The van der Waals surface area contributed by atoms with Gasteiger partial charge in [0.1, 0.15) is 11.9 Å². The average molecular weight is 271 g/mol. The lowest BCUT2D eigenvalue weighted by Gasteiger charge is -2.17. The summed E-state index contributed by atoms with van der Waals surface area (Å²) in [5, 5.41) is 3.28. The van der Waals surface area contributed by atoms with Crippen molar-refractivity contribution in [2.45, 2.75) is 26.9 Å². The summed E-state index contributed by atoms with van der Waals surface area (Å²) in [6.07, 6.45) is -0.243. The van der Waals surface area contributed by atoms with Gasteiger partial charge in [-0.15, -0.1) is 0 Å². The number of methoxy groups -OCH3 is 1. The van der Waals surface area contributed by atoms with Crippen LogP contribution in [0.15, 0.2) is 30.3 Å². The zero-order chi connectivity index (χ0) is 14.5. The number of aromatic nitrogens is 2. The molecule has 0 radical (unpaired) electrons. The van der Waals surface area contributed by atoms with Crippen molar-refractivity contribution >= 4 is 5.82 Å². The second-order valence-electron chi connectivity index (χ2n) is 4.70. The van der Waals surface area contributed by atoms with E-state index in [1.807, 2.05) is 44.2 Å². The Morgan fingerprint density at radius 3 is 2.45 bits per heavy atom. The highest BCUT2D eigenvalue weighted by molar-refractivity contribution is 5.46. The van der Waals surface area contributed by atoms with Crippen LogP contribution in [0.3, 0.4) is 0 Å². The fourth-order valence-corrected chi connectivity index (χ4v) is 2.13. The normalized spacial score (nSPS) is 12.2. The molecular weight excluding hydrogens is 250 g/mol. The van der Waals surface area contributed by atoms with Crippen molar-refractivity contribution < 1.29 is 4.74 Å². The lowest BCUT2D eigenvalue weighted by molar-refractivity contribution is 0.129. The predicted octanol–water partition coefficient (Wildman–Crippen LogP) is 3.26. The molecular formula is C16H21N3O. The number of rotatable bonds is 5. The van der Waals surface area contributed by atoms with Gasteiger partial charge >= 0.3 is 0 Å². The van der Waals surface area contributed by atoms with E-state index in [4.69, 9.17) is 4.74 Å². The maximum atomic E-state index is 5.60. The number of ether oxygens (including phenoxy) is 1. The van der Waals surface area contributed by atoms with E-state index in [-0.39, 0.29) is 6.10 Å². The van der Waals surface area contributed by atoms with Gasteiger partial charge in [0.05, 0.1) is 0 Å². The van der Waals surface area contributed by atoms with Crippen LogP contribution in [0.1, 0.15) is 35.7 Å². The molecule has 2 aromatic rings. The molecule has 20 heavy (non-hydrogen) atoms. The maximum Gasteiger partial charge on any atom is 0.164 e. The first-order chi connectivity index (χ1) is 9.67. The summed E-state index contributed by atoms with van der Waals surface area (Å²) in [5.41, 5.74) is 3.11. The van der Waals surface area contributed by atoms with Gasteiger partial charge < -0.3 is 10.1 Å². The summed E-state index contributed by atoms with van der Waals surface area (Å²) in [4.78, 5) is 9.21. The third-order valence-electron chi connectivity index (χ3n) is 3.32. The lowest BCUT2D eigenvalue weighted by Crippen LogP contribution is -2.13. The molecule has 0 fully saturated rings. The van der Waals surface area contributed by atoms with Crippen molar-refractivity contribution in [1.29, 1.82) is 0 Å². The molecule has 0 saturated heterocycles. The Morgan fingerprint density at radius 2 is 1.85 bits per heavy atom. The van der Waals surface area contributed by atoms with E-state index in [1.54, 1.807) is 7.11 Å². The fourth-order valence-electron chi connectivity index (χ4n) is 2.13. The molecule has 0 saturated carbocycles. The summed E-state index contributed by atoms with van der Waals surface area (Å²) in [6.45, 7) is 6.92. The van der Waals surface area contributed by atoms with E-state index in [2.05, 4.69) is 22.2 Å². The molecule has 4 nitrogen and oxygen atoms in total. The zero-order valence-corrected chi connectivity index (χ0v) is 12.5. The molecule has 0 aliphatic rings. The highest BCUT2D eigenvalue weighted by Gasteiger charge is 2.18. The van der Waals surface area contributed by atoms with Crippen LogP contribution in [0, 0.1) is 13.8 Å². The second-order valence-corrected chi connectivity index (χ2v) is 4.70. The van der Waals surface area contributed by atoms with E-state index in [9.17, 15) is 0 Å². The number of benzene rings is 1. The average Bonchev–Trinajstić information content (AvgIpc) is 2.46. The van der Waals surface area contributed by atoms with Crippen LogP contribution in [-0.2, 0) is 4.74 Å². The fraction of sp³-hybridized carbons (Fsp3) is 0.375. The molecule has 0 spiro atoms. The van der Waals surface area contributed by atoms with Crippen molar-refractivity contribution in [1.82, 2.24) is 9.97 Å². The first kappa shape index (κ1) is 14.5. The third-order valence-corrected chi connectivity index (χ3v) is 3.32. The topological polar surface area (TPSA) is 47.0 Å². The van der Waals surface area contributed by atoms with Crippen molar-refractivity contribution in [3.05, 3.63) is 53.0 Å². The van der Waals surface area contributed by atoms with Gasteiger partial charge in [0.15, 0.2) is 5.82 Å². The Bertz CT molecular complexity index is 569. The Morgan fingerprint density at radius 1 is 1.15 bits per heavy atom. The smallest absolute Gasteiger partial charge is 0.164 e. The zero-order valence-electron chi connectivity index (χ0n) is 12.5. The quantitative estimate of drug-likeness (QED) is 0.906. The number of hydrogen-bond acceptors (Lipinski definition) is 4. The summed E-state index contributed by atoms with van der Waals surface area (Å²) in [7, 11) is 1.68. The van der Waals surface area contributed by atoms with E-state index >= 15 is 0 Å². The van der Waals surface area contributed by atoms with Crippen molar-refractivity contribution in [3.63, 3.8) is 0 Å². The molecule has 1 atom stereocenters. The Balaban J connectivity index is 2.45. The van der Waals surface area contributed by atoms with Crippen LogP contribution >= 0.6 is 0 Å². The maximum absolute atomic E-state index is 5.60. The van der Waals surface area contributed by atoms with Gasteiger partial charge in [0.2, 0.25) is 0 Å². The Labute approximate surface area is 120 Å². The summed E-state index contributed by atoms with van der Waals surface area (Å²) in [6, 6.07) is 10.0. The molecule has 1 N–H and O–H groups in total. The number of anilines is 1. The molecule has 1 heterocycles. The van der Waals surface area contributed by atoms with Gasteiger partial charge in [-0.05, 0) is 26.3 Å². The van der Waals surface area contributed by atoms with E-state index in [0.717, 1.165) is 29.2 Å². The highest BCUT2D eigenvalue weighted by Crippen LogP contribution is 2.25. The van der Waals surface area contributed by atoms with Gasteiger partial charge in [-0.2, -0.15) is 0 Å². The predicted molar refractivity (Wildman–Crippen MR) is 81.0 cm³/mol. The molecule has 1 aromatic heterocycles. The van der Waals surface area contributed by atoms with Crippen LogP contribution in [0.2, 0.25) is 0 Å². The van der Waals surface area contributed by atoms with Gasteiger partial charge in [-0.25, -0.2) is 9.97 Å². The minimum atomic E-state index is -0.243. The van der Waals surface area contributed by atoms with Gasteiger partial charge in [-0.1, -0.05) is 30.3 Å². The number of aryl methyl sites for hydroxylation is 1. The molecule has 1 aromatic carbocycles. The molecule has 2 rings (SSSR count). The van der Waals surface area contributed by atoms with Crippen LogP contribution in [-0.4, -0.2) is 23.6 Å². The molecule has 1 unspecified atom stereocenters. The summed E-state index contributed by atoms with van der Waals surface area (Å²) in [5.74, 6) is 1.57. The lowest BCUT2D eigenvalue weighted by atomic mass is 10.1. The molecule has 4 heteroatoms. The van der Waals surface area contributed by atoms with Crippen LogP contribution in [0.4, 0.5) is 5.82 Å². The molecule has 0 aliphatic carbocycles. The number of hydrogen-bond donors (Lipinski definition) is 1. The SMILES string of the molecule is CCNc1nc(C(OC)c2ccccc2)nc(C)c1C. The summed E-state index contributed by atoms with van der Waals surface area (Å²) >= 11 is 0. The molecule has 0 amide bonds. The van der Waals surface area contributed by atoms with Crippen molar-refractivity contribution in [2.24, 2.45) is 0 Å². The third kappa shape index (κ3) is 2.96. The van der Waals surface area contributed by atoms with Gasteiger partial charge in [-0.3, -0.25) is 0 Å². The number of nitrogens with zero attached hydrogens (tertiary/aromatic N) is 2. The van der Waals surface area contributed by atoms with E-state index in [0.29, 0.717) is 5.82 Å². The Kier molecular flexibility index (Phi) is 4.69. The van der Waals surface area contributed by atoms with Crippen molar-refractivity contribution in [3.8, 4) is 0 Å². The van der Waals surface area contributed by atoms with Crippen LogP contribution in [0.25, 0.3) is 0 Å². The second kappa shape index (κ2) is 6.48. The van der Waals surface area contributed by atoms with E-state index < -0.39 is 0 Å². The summed E-state index contributed by atoms with van der Waals surface area (Å²) < 4.78 is 5.60. The van der Waals surface area contributed by atoms with Crippen molar-refractivity contribution in [2.75, 3.05) is 19.0 Å². The largest absolute Gasteiger partial charge is 0.370 e. The standard InChI is InChI=1S/C16H21N3O/c1-5-17-15-11(2)12(3)18-16(19-15)14(20-4)13-9-7-6-8-10-13/h6-10,14H,5H2,1-4H3,(H,17,18,19). The minimum absolute atomic E-state index is 0.243. The molecule has 106 valence electrons. The van der Waals surface area contributed by atoms with Crippen LogP contribution in [0.5, 0.6) is 0 Å². The minimum Gasteiger partial charge on any atom is -0.370 e. The molecule has 0 aliphatic heterocycles. The Hall–Kier alpha value is -1.94. The highest BCUT2D eigenvalue weighted by atomic mass is 16.5. The first-order valence-corrected chi connectivity index (χ1v) is 6.84. The van der Waals surface area contributed by atoms with Gasteiger partial charge in [0, 0.05) is 24.9 Å². The molecule has 0 bridgehead atoms. The van der Waals surface area contributed by atoms with E-state index in [1.165, 1.54) is 0 Å².